The quantitative estimate of drug-likeness (QED) is 0.771. The van der Waals surface area contributed by atoms with E-state index in [4.69, 9.17) is 5.73 Å². The summed E-state index contributed by atoms with van der Waals surface area (Å²) in [6, 6.07) is 14.6. The van der Waals surface area contributed by atoms with Crippen LogP contribution >= 0.6 is 0 Å². The summed E-state index contributed by atoms with van der Waals surface area (Å²) in [4.78, 5) is 4.07. The highest BCUT2D eigenvalue weighted by atomic mass is 15.2. The van der Waals surface area contributed by atoms with Crippen molar-refractivity contribution in [1.29, 1.82) is 0 Å². The van der Waals surface area contributed by atoms with E-state index in [2.05, 4.69) is 45.5 Å². The molecule has 0 aliphatic heterocycles. The number of aromatic amines is 1. The van der Waals surface area contributed by atoms with Gasteiger partial charge in [-0.2, -0.15) is 5.10 Å². The number of nitrogen functional groups attached to an aromatic ring is 1. The highest BCUT2D eigenvalue weighted by Gasteiger charge is 2.42. The second-order valence-corrected chi connectivity index (χ2v) is 5.49. The fourth-order valence-corrected chi connectivity index (χ4v) is 3.04. The number of anilines is 1. The van der Waals surface area contributed by atoms with Crippen molar-refractivity contribution in [3.8, 4) is 11.1 Å². The molecule has 3 aromatic rings. The van der Waals surface area contributed by atoms with E-state index in [1.54, 1.807) is 12.4 Å². The molecule has 4 heteroatoms. The van der Waals surface area contributed by atoms with E-state index in [9.17, 15) is 0 Å². The van der Waals surface area contributed by atoms with Crippen molar-refractivity contribution in [2.24, 2.45) is 0 Å². The third-order valence-corrected chi connectivity index (χ3v) is 4.18. The summed E-state index contributed by atoms with van der Waals surface area (Å²) in [5, 5.41) is 7.35. The van der Waals surface area contributed by atoms with Crippen molar-refractivity contribution < 1.29 is 0 Å². The zero-order valence-corrected chi connectivity index (χ0v) is 11.5. The lowest BCUT2D eigenvalue weighted by Gasteiger charge is -2.04. The number of nitrogens with one attached hydrogen (secondary N) is 1. The molecule has 4 rings (SSSR count). The van der Waals surface area contributed by atoms with Crippen LogP contribution in [0.2, 0.25) is 0 Å². The first-order valence-corrected chi connectivity index (χ1v) is 7.13. The molecular formula is C17H16N4. The molecule has 1 saturated carbocycles. The van der Waals surface area contributed by atoms with Crippen molar-refractivity contribution in [3.05, 3.63) is 66.1 Å². The van der Waals surface area contributed by atoms with E-state index in [-0.39, 0.29) is 0 Å². The molecule has 0 amide bonds. The number of nitrogens with two attached hydrogens (primary N) is 1. The van der Waals surface area contributed by atoms with Crippen molar-refractivity contribution >= 4 is 5.82 Å². The van der Waals surface area contributed by atoms with E-state index in [0.29, 0.717) is 17.7 Å². The van der Waals surface area contributed by atoms with Gasteiger partial charge in [-0.05, 0) is 35.6 Å². The second-order valence-electron chi connectivity index (χ2n) is 5.49. The number of H-pyrrole nitrogens is 1. The molecule has 1 aliphatic carbocycles. The molecule has 2 aromatic heterocycles. The van der Waals surface area contributed by atoms with Crippen LogP contribution in [0.15, 0.2) is 54.9 Å². The Morgan fingerprint density at radius 1 is 1.00 bits per heavy atom. The van der Waals surface area contributed by atoms with Gasteiger partial charge in [0.15, 0.2) is 5.82 Å². The summed E-state index contributed by atoms with van der Waals surface area (Å²) in [5.41, 5.74) is 10.7. The minimum absolute atomic E-state index is 0.473. The number of rotatable bonds is 3. The molecule has 1 aliphatic rings. The van der Waals surface area contributed by atoms with Gasteiger partial charge in [0, 0.05) is 29.6 Å². The molecule has 0 spiro atoms. The molecule has 1 fully saturated rings. The van der Waals surface area contributed by atoms with E-state index in [0.717, 1.165) is 23.2 Å². The summed E-state index contributed by atoms with van der Waals surface area (Å²) < 4.78 is 0. The van der Waals surface area contributed by atoms with Crippen molar-refractivity contribution in [3.63, 3.8) is 0 Å². The standard InChI is InChI=1S/C17H16N4/c18-17-15(12-6-8-19-9-7-12)16(20-21-17)14-10-13(14)11-4-2-1-3-5-11/h1-9,13-14H,10H2,(H3,18,20,21). The third kappa shape index (κ3) is 2.09. The molecule has 2 unspecified atom stereocenters. The predicted octanol–water partition coefficient (Wildman–Crippen LogP) is 3.33. The number of hydrogen-bond donors (Lipinski definition) is 2. The normalized spacial score (nSPS) is 20.4. The third-order valence-electron chi connectivity index (χ3n) is 4.18. The average Bonchev–Trinajstić information content (AvgIpc) is 3.25. The second kappa shape index (κ2) is 4.74. The predicted molar refractivity (Wildman–Crippen MR) is 82.8 cm³/mol. The van der Waals surface area contributed by atoms with Crippen LogP contribution in [0.1, 0.15) is 29.5 Å². The Labute approximate surface area is 123 Å². The lowest BCUT2D eigenvalue weighted by Crippen LogP contribution is -1.91. The van der Waals surface area contributed by atoms with Crippen molar-refractivity contribution in [1.82, 2.24) is 15.2 Å². The van der Waals surface area contributed by atoms with Gasteiger partial charge in [-0.15, -0.1) is 0 Å². The minimum Gasteiger partial charge on any atom is -0.382 e. The van der Waals surface area contributed by atoms with Crippen LogP contribution in [-0.2, 0) is 0 Å². The van der Waals surface area contributed by atoms with Crippen LogP contribution < -0.4 is 5.73 Å². The summed E-state index contributed by atoms with van der Waals surface area (Å²) in [6.07, 6.45) is 4.71. The number of nitrogens with zero attached hydrogens (tertiary/aromatic N) is 2. The monoisotopic (exact) mass is 276 g/mol. The fraction of sp³-hybridized carbons (Fsp3) is 0.176. The smallest absolute Gasteiger partial charge is 0.153 e. The number of hydrogen-bond acceptors (Lipinski definition) is 3. The Balaban J connectivity index is 1.69. The Kier molecular flexibility index (Phi) is 2.74. The first kappa shape index (κ1) is 12.1. The van der Waals surface area contributed by atoms with Gasteiger partial charge in [0.25, 0.3) is 0 Å². The highest BCUT2D eigenvalue weighted by Crippen LogP contribution is 2.56. The first-order chi connectivity index (χ1) is 10.3. The van der Waals surface area contributed by atoms with Crippen LogP contribution in [0.3, 0.4) is 0 Å². The lowest BCUT2D eigenvalue weighted by molar-refractivity contribution is 0.935. The van der Waals surface area contributed by atoms with Gasteiger partial charge in [-0.25, -0.2) is 0 Å². The van der Waals surface area contributed by atoms with Gasteiger partial charge >= 0.3 is 0 Å². The van der Waals surface area contributed by atoms with Gasteiger partial charge in [-0.1, -0.05) is 30.3 Å². The topological polar surface area (TPSA) is 67.6 Å². The Bertz CT molecular complexity index is 749. The molecule has 0 radical (unpaired) electrons. The summed E-state index contributed by atoms with van der Waals surface area (Å²) >= 11 is 0. The van der Waals surface area contributed by atoms with Crippen LogP contribution in [0.4, 0.5) is 5.82 Å². The first-order valence-electron chi connectivity index (χ1n) is 7.13. The number of pyridine rings is 1. The SMILES string of the molecule is Nc1n[nH]c(C2CC2c2ccccc2)c1-c1ccncc1. The summed E-state index contributed by atoms with van der Waals surface area (Å²) in [6.45, 7) is 0. The van der Waals surface area contributed by atoms with E-state index in [1.165, 1.54) is 5.56 Å². The zero-order valence-electron chi connectivity index (χ0n) is 11.5. The number of aromatic nitrogens is 3. The summed E-state index contributed by atoms with van der Waals surface area (Å²) in [7, 11) is 0. The maximum Gasteiger partial charge on any atom is 0.153 e. The Morgan fingerprint density at radius 2 is 1.76 bits per heavy atom. The molecule has 2 atom stereocenters. The molecule has 0 saturated heterocycles. The van der Waals surface area contributed by atoms with E-state index >= 15 is 0 Å². The fourth-order valence-electron chi connectivity index (χ4n) is 3.04. The van der Waals surface area contributed by atoms with Gasteiger partial charge < -0.3 is 5.73 Å². The maximum atomic E-state index is 6.06. The Morgan fingerprint density at radius 3 is 2.52 bits per heavy atom. The molecule has 3 N–H and O–H groups in total. The van der Waals surface area contributed by atoms with E-state index in [1.807, 2.05) is 12.1 Å². The number of benzene rings is 1. The molecular weight excluding hydrogens is 260 g/mol. The minimum atomic E-state index is 0.473. The molecule has 0 bridgehead atoms. The molecule has 104 valence electrons. The lowest BCUT2D eigenvalue weighted by atomic mass is 10.0. The largest absolute Gasteiger partial charge is 0.382 e. The Hall–Kier alpha value is -2.62. The molecule has 1 aromatic carbocycles. The van der Waals surface area contributed by atoms with Gasteiger partial charge in [-0.3, -0.25) is 10.1 Å². The van der Waals surface area contributed by atoms with Crippen LogP contribution in [0.25, 0.3) is 11.1 Å². The maximum absolute atomic E-state index is 6.06. The zero-order chi connectivity index (χ0) is 14.2. The van der Waals surface area contributed by atoms with Gasteiger partial charge in [0.05, 0.1) is 0 Å². The van der Waals surface area contributed by atoms with Crippen molar-refractivity contribution in [2.75, 3.05) is 5.73 Å². The van der Waals surface area contributed by atoms with Crippen LogP contribution in [0, 0.1) is 0 Å². The van der Waals surface area contributed by atoms with E-state index < -0.39 is 0 Å². The van der Waals surface area contributed by atoms with Crippen molar-refractivity contribution in [2.45, 2.75) is 18.3 Å². The van der Waals surface area contributed by atoms with Crippen LogP contribution in [-0.4, -0.2) is 15.2 Å². The van der Waals surface area contributed by atoms with Gasteiger partial charge in [0.1, 0.15) is 0 Å². The molecule has 21 heavy (non-hydrogen) atoms. The molecule has 2 heterocycles. The average molecular weight is 276 g/mol. The van der Waals surface area contributed by atoms with Crippen LogP contribution in [0.5, 0.6) is 0 Å². The molecule has 4 nitrogen and oxygen atoms in total. The summed E-state index contributed by atoms with van der Waals surface area (Å²) in [5.74, 6) is 1.60. The van der Waals surface area contributed by atoms with Gasteiger partial charge in [0.2, 0.25) is 0 Å². The highest BCUT2D eigenvalue weighted by molar-refractivity contribution is 5.77.